The third-order valence-corrected chi connectivity index (χ3v) is 3.03. The number of aromatic nitrogens is 2. The van der Waals surface area contributed by atoms with Gasteiger partial charge in [0, 0.05) is 4.47 Å². The number of hydrogen-bond donors (Lipinski definition) is 0. The third kappa shape index (κ3) is 2.40. The molecule has 1 heterocycles. The van der Waals surface area contributed by atoms with Crippen LogP contribution in [0.2, 0.25) is 5.28 Å². The number of hydrogen-bond acceptors (Lipinski definition) is 3. The first kappa shape index (κ1) is 12.3. The zero-order valence-electron chi connectivity index (χ0n) is 8.91. The van der Waals surface area contributed by atoms with Gasteiger partial charge in [0.2, 0.25) is 5.28 Å². The standard InChI is InChI=1S/C11H8BrClN2O2/c1-6(16)5-15-10(17)8-4-7(12)2-3-9(8)14-11(15)13/h2-4H,5H2,1H3. The highest BCUT2D eigenvalue weighted by atomic mass is 79.9. The second-order valence-electron chi connectivity index (χ2n) is 3.64. The highest BCUT2D eigenvalue weighted by molar-refractivity contribution is 9.10. The number of carbonyl (C=O) groups is 1. The van der Waals surface area contributed by atoms with Crippen molar-refractivity contribution in [2.45, 2.75) is 13.5 Å². The molecule has 0 bridgehead atoms. The van der Waals surface area contributed by atoms with Crippen molar-refractivity contribution >= 4 is 44.2 Å². The molecule has 17 heavy (non-hydrogen) atoms. The number of rotatable bonds is 2. The fourth-order valence-corrected chi connectivity index (χ4v) is 2.11. The number of ketones is 1. The van der Waals surface area contributed by atoms with E-state index in [4.69, 9.17) is 11.6 Å². The van der Waals surface area contributed by atoms with Gasteiger partial charge in [0.15, 0.2) is 0 Å². The summed E-state index contributed by atoms with van der Waals surface area (Å²) in [6, 6.07) is 5.14. The zero-order valence-corrected chi connectivity index (χ0v) is 11.2. The Bertz CT molecular complexity index is 666. The molecule has 0 fully saturated rings. The minimum atomic E-state index is -0.309. The molecule has 0 saturated carbocycles. The van der Waals surface area contributed by atoms with Crippen molar-refractivity contribution in [3.8, 4) is 0 Å². The summed E-state index contributed by atoms with van der Waals surface area (Å²) in [5.41, 5.74) is 0.208. The maximum atomic E-state index is 12.1. The lowest BCUT2D eigenvalue weighted by molar-refractivity contribution is -0.117. The van der Waals surface area contributed by atoms with E-state index < -0.39 is 0 Å². The number of halogens is 2. The monoisotopic (exact) mass is 314 g/mol. The van der Waals surface area contributed by atoms with E-state index in [-0.39, 0.29) is 23.2 Å². The number of benzene rings is 1. The van der Waals surface area contributed by atoms with Crippen molar-refractivity contribution in [2.24, 2.45) is 0 Å². The summed E-state index contributed by atoms with van der Waals surface area (Å²) in [4.78, 5) is 27.3. The van der Waals surface area contributed by atoms with Crippen molar-refractivity contribution in [3.63, 3.8) is 0 Å². The first-order chi connectivity index (χ1) is 7.99. The fourth-order valence-electron chi connectivity index (χ4n) is 1.53. The minimum Gasteiger partial charge on any atom is -0.298 e. The van der Waals surface area contributed by atoms with Crippen molar-refractivity contribution in [1.29, 1.82) is 0 Å². The number of fused-ring (bicyclic) bond motifs is 1. The molecule has 2 aromatic rings. The molecule has 88 valence electrons. The Morgan fingerprint density at radius 1 is 1.53 bits per heavy atom. The molecule has 0 amide bonds. The summed E-state index contributed by atoms with van der Waals surface area (Å²) in [5.74, 6) is -0.148. The van der Waals surface area contributed by atoms with Gasteiger partial charge in [-0.25, -0.2) is 4.98 Å². The van der Waals surface area contributed by atoms with Crippen LogP contribution in [0, 0.1) is 0 Å². The van der Waals surface area contributed by atoms with Crippen LogP contribution >= 0.6 is 27.5 Å². The third-order valence-electron chi connectivity index (χ3n) is 2.25. The van der Waals surface area contributed by atoms with Crippen LogP contribution in [-0.4, -0.2) is 15.3 Å². The Hall–Kier alpha value is -1.20. The minimum absolute atomic E-state index is 0.0278. The fraction of sp³-hybridized carbons (Fsp3) is 0.182. The van der Waals surface area contributed by atoms with E-state index in [1.807, 2.05) is 0 Å². The first-order valence-electron chi connectivity index (χ1n) is 4.84. The second kappa shape index (κ2) is 4.58. The van der Waals surface area contributed by atoms with E-state index in [0.29, 0.717) is 10.9 Å². The molecule has 0 aliphatic carbocycles. The Morgan fingerprint density at radius 2 is 2.24 bits per heavy atom. The van der Waals surface area contributed by atoms with Crippen molar-refractivity contribution < 1.29 is 4.79 Å². The van der Waals surface area contributed by atoms with Gasteiger partial charge in [-0.2, -0.15) is 0 Å². The lowest BCUT2D eigenvalue weighted by atomic mass is 10.2. The van der Waals surface area contributed by atoms with Gasteiger partial charge in [-0.15, -0.1) is 0 Å². The van der Waals surface area contributed by atoms with E-state index in [1.54, 1.807) is 18.2 Å². The number of nitrogens with zero attached hydrogens (tertiary/aromatic N) is 2. The highest BCUT2D eigenvalue weighted by Gasteiger charge is 2.10. The number of Topliss-reactive ketones (excluding diaryl/α,β-unsaturated/α-hetero) is 1. The predicted octanol–water partition coefficient (Wildman–Crippen LogP) is 2.40. The van der Waals surface area contributed by atoms with E-state index in [1.165, 1.54) is 11.5 Å². The van der Waals surface area contributed by atoms with Crippen molar-refractivity contribution in [2.75, 3.05) is 0 Å². The average Bonchev–Trinajstić information content (AvgIpc) is 2.25. The lowest BCUT2D eigenvalue weighted by Crippen LogP contribution is -2.25. The van der Waals surface area contributed by atoms with E-state index >= 15 is 0 Å². The van der Waals surface area contributed by atoms with Gasteiger partial charge in [-0.05, 0) is 36.7 Å². The van der Waals surface area contributed by atoms with Crippen LogP contribution < -0.4 is 5.56 Å². The van der Waals surface area contributed by atoms with Crippen LogP contribution in [0.4, 0.5) is 0 Å². The molecule has 1 aromatic carbocycles. The van der Waals surface area contributed by atoms with Crippen LogP contribution in [0.25, 0.3) is 10.9 Å². The predicted molar refractivity (Wildman–Crippen MR) is 69.4 cm³/mol. The summed E-state index contributed by atoms with van der Waals surface area (Å²) in [6.45, 7) is 1.33. The summed E-state index contributed by atoms with van der Waals surface area (Å²) in [6.07, 6.45) is 0. The maximum Gasteiger partial charge on any atom is 0.262 e. The van der Waals surface area contributed by atoms with Crippen molar-refractivity contribution in [3.05, 3.63) is 38.3 Å². The normalized spacial score (nSPS) is 10.8. The van der Waals surface area contributed by atoms with Crippen LogP contribution in [0.15, 0.2) is 27.5 Å². The maximum absolute atomic E-state index is 12.1. The largest absolute Gasteiger partial charge is 0.298 e. The first-order valence-corrected chi connectivity index (χ1v) is 6.01. The van der Waals surface area contributed by atoms with Gasteiger partial charge in [0.25, 0.3) is 5.56 Å². The molecule has 6 heteroatoms. The molecule has 0 unspecified atom stereocenters. The van der Waals surface area contributed by atoms with Gasteiger partial charge < -0.3 is 0 Å². The molecule has 0 spiro atoms. The quantitative estimate of drug-likeness (QED) is 0.800. The Morgan fingerprint density at radius 3 is 2.88 bits per heavy atom. The summed E-state index contributed by atoms with van der Waals surface area (Å²) < 4.78 is 1.94. The van der Waals surface area contributed by atoms with E-state index in [9.17, 15) is 9.59 Å². The van der Waals surface area contributed by atoms with Crippen LogP contribution in [0.1, 0.15) is 6.92 Å². The van der Waals surface area contributed by atoms with Gasteiger partial charge in [0.1, 0.15) is 5.78 Å². The van der Waals surface area contributed by atoms with Gasteiger partial charge in [-0.1, -0.05) is 15.9 Å². The molecule has 0 atom stereocenters. The summed E-state index contributed by atoms with van der Waals surface area (Å²) >= 11 is 9.16. The molecule has 0 N–H and O–H groups in total. The van der Waals surface area contributed by atoms with Gasteiger partial charge in [0.05, 0.1) is 17.4 Å². The molecule has 0 radical (unpaired) electrons. The van der Waals surface area contributed by atoms with Crippen LogP contribution in [-0.2, 0) is 11.3 Å². The average molecular weight is 316 g/mol. The Balaban J connectivity index is 2.78. The van der Waals surface area contributed by atoms with Crippen LogP contribution in [0.3, 0.4) is 0 Å². The van der Waals surface area contributed by atoms with E-state index in [2.05, 4.69) is 20.9 Å². The van der Waals surface area contributed by atoms with Gasteiger partial charge in [-0.3, -0.25) is 14.2 Å². The molecule has 2 rings (SSSR count). The SMILES string of the molecule is CC(=O)Cn1c(Cl)nc2ccc(Br)cc2c1=O. The van der Waals surface area contributed by atoms with Gasteiger partial charge >= 0.3 is 0 Å². The summed E-state index contributed by atoms with van der Waals surface area (Å²) in [7, 11) is 0. The lowest BCUT2D eigenvalue weighted by Gasteiger charge is -2.07. The second-order valence-corrected chi connectivity index (χ2v) is 4.89. The molecule has 0 aliphatic rings. The Kier molecular flexibility index (Phi) is 3.31. The summed E-state index contributed by atoms with van der Waals surface area (Å²) in [5, 5.41) is 0.463. The van der Waals surface area contributed by atoms with E-state index in [0.717, 1.165) is 4.47 Å². The molecule has 0 aliphatic heterocycles. The molecular weight excluding hydrogens is 307 g/mol. The molecular formula is C11H8BrClN2O2. The smallest absolute Gasteiger partial charge is 0.262 e. The molecule has 4 nitrogen and oxygen atoms in total. The highest BCUT2D eigenvalue weighted by Crippen LogP contribution is 2.17. The Labute approximate surface area is 110 Å². The molecule has 1 aromatic heterocycles. The van der Waals surface area contributed by atoms with Crippen LogP contribution in [0.5, 0.6) is 0 Å². The molecule has 0 saturated heterocycles. The van der Waals surface area contributed by atoms with Crippen molar-refractivity contribution in [1.82, 2.24) is 9.55 Å². The topological polar surface area (TPSA) is 52.0 Å². The zero-order chi connectivity index (χ0) is 12.6. The number of carbonyl (C=O) groups excluding carboxylic acids is 1.